The number of rotatable bonds is 9. The highest BCUT2D eigenvalue weighted by Crippen LogP contribution is 2.32. The Hall–Kier alpha value is -2.07. The van der Waals surface area contributed by atoms with Crippen molar-refractivity contribution in [2.24, 2.45) is 0 Å². The molecule has 2 aromatic heterocycles. The lowest BCUT2D eigenvalue weighted by atomic mass is 10.2. The van der Waals surface area contributed by atoms with E-state index in [9.17, 15) is 13.2 Å². The number of hydrogen-bond acceptors (Lipinski definition) is 6. The number of amides is 1. The van der Waals surface area contributed by atoms with Crippen LogP contribution in [0, 0.1) is 0 Å². The van der Waals surface area contributed by atoms with Crippen molar-refractivity contribution in [2.75, 3.05) is 12.8 Å². The first-order valence-electron chi connectivity index (χ1n) is 9.20. The zero-order valence-electron chi connectivity index (χ0n) is 16.2. The number of hydrogen-bond donors (Lipinski definition) is 2. The number of aromatic nitrogens is 1. The second kappa shape index (κ2) is 9.62. The molecule has 0 unspecified atom stereocenters. The molecule has 29 heavy (non-hydrogen) atoms. The average molecular weight is 450 g/mol. The summed E-state index contributed by atoms with van der Waals surface area (Å²) in [6, 6.07) is 13.0. The number of carbonyl (C=O) groups excluding carboxylic acids is 1. The molecular weight excluding hydrogens is 426 g/mol. The fourth-order valence-electron chi connectivity index (χ4n) is 2.74. The second-order valence-electron chi connectivity index (χ2n) is 6.55. The number of thiazole rings is 1. The molecule has 0 bridgehead atoms. The summed E-state index contributed by atoms with van der Waals surface area (Å²) < 4.78 is 24.8. The Morgan fingerprint density at radius 1 is 1.17 bits per heavy atom. The molecule has 0 saturated carbocycles. The minimum absolute atomic E-state index is 0.106. The maximum Gasteiger partial charge on any atom is 0.251 e. The predicted molar refractivity (Wildman–Crippen MR) is 119 cm³/mol. The highest BCUT2D eigenvalue weighted by atomic mass is 32.2. The zero-order chi connectivity index (χ0) is 20.9. The Kier molecular flexibility index (Phi) is 7.18. The molecule has 1 amide bonds. The standard InChI is InChI=1S/C20H23N3O3S3/c1-3-16(22-19(24)14-7-5-4-6-8-14)20-23-17(13-27-20)18-10-9-15(28-18)11-12-21-29(2,25)26/h4-10,13,16,21H,3,11-12H2,1-2H3,(H,22,24)/t16-/m0/s1. The summed E-state index contributed by atoms with van der Waals surface area (Å²) in [5.74, 6) is -0.106. The van der Waals surface area contributed by atoms with Crippen LogP contribution < -0.4 is 10.0 Å². The van der Waals surface area contributed by atoms with E-state index in [-0.39, 0.29) is 11.9 Å². The Balaban J connectivity index is 1.65. The monoisotopic (exact) mass is 449 g/mol. The first kappa shape index (κ1) is 21.6. The molecule has 1 aromatic carbocycles. The summed E-state index contributed by atoms with van der Waals surface area (Å²) in [6.45, 7) is 2.40. The summed E-state index contributed by atoms with van der Waals surface area (Å²) in [5, 5.41) is 5.93. The number of sulfonamides is 1. The van der Waals surface area contributed by atoms with E-state index in [1.54, 1.807) is 23.5 Å². The molecule has 154 valence electrons. The predicted octanol–water partition coefficient (Wildman–Crippen LogP) is 3.84. The van der Waals surface area contributed by atoms with Crippen molar-refractivity contribution in [1.29, 1.82) is 0 Å². The molecule has 0 radical (unpaired) electrons. The Labute approximate surface area is 179 Å². The van der Waals surface area contributed by atoms with Crippen molar-refractivity contribution in [3.8, 4) is 10.6 Å². The summed E-state index contributed by atoms with van der Waals surface area (Å²) in [6.07, 6.45) is 2.54. The number of carbonyl (C=O) groups is 1. The molecule has 2 N–H and O–H groups in total. The maximum atomic E-state index is 12.5. The second-order valence-corrected chi connectivity index (χ2v) is 10.4. The largest absolute Gasteiger partial charge is 0.343 e. The van der Waals surface area contributed by atoms with Crippen LogP contribution in [-0.2, 0) is 16.4 Å². The van der Waals surface area contributed by atoms with Crippen LogP contribution in [0.25, 0.3) is 10.6 Å². The molecule has 2 heterocycles. The highest BCUT2D eigenvalue weighted by molar-refractivity contribution is 7.88. The third-order valence-corrected chi connectivity index (χ3v) is 7.07. The van der Waals surface area contributed by atoms with Crippen LogP contribution in [0.3, 0.4) is 0 Å². The normalized spacial score (nSPS) is 12.6. The third-order valence-electron chi connectivity index (χ3n) is 4.22. The Morgan fingerprint density at radius 3 is 2.62 bits per heavy atom. The Morgan fingerprint density at radius 2 is 1.93 bits per heavy atom. The van der Waals surface area contributed by atoms with Crippen LogP contribution >= 0.6 is 22.7 Å². The van der Waals surface area contributed by atoms with Crippen LogP contribution in [0.5, 0.6) is 0 Å². The molecule has 1 atom stereocenters. The van der Waals surface area contributed by atoms with Crippen molar-refractivity contribution in [2.45, 2.75) is 25.8 Å². The van der Waals surface area contributed by atoms with Gasteiger partial charge in [0.1, 0.15) is 5.01 Å². The van der Waals surface area contributed by atoms with Gasteiger partial charge in [0.2, 0.25) is 10.0 Å². The van der Waals surface area contributed by atoms with Crippen molar-refractivity contribution in [1.82, 2.24) is 15.0 Å². The van der Waals surface area contributed by atoms with E-state index in [0.29, 0.717) is 18.5 Å². The SMILES string of the molecule is CC[C@H](NC(=O)c1ccccc1)c1nc(-c2ccc(CCNS(C)(=O)=O)s2)cs1. The number of nitrogens with zero attached hydrogens (tertiary/aromatic N) is 1. The van der Waals surface area contributed by atoms with Crippen LogP contribution in [0.4, 0.5) is 0 Å². The van der Waals surface area contributed by atoms with E-state index < -0.39 is 10.0 Å². The lowest BCUT2D eigenvalue weighted by Gasteiger charge is -2.14. The lowest BCUT2D eigenvalue weighted by Crippen LogP contribution is -2.28. The molecule has 0 fully saturated rings. The van der Waals surface area contributed by atoms with E-state index in [0.717, 1.165) is 33.1 Å². The van der Waals surface area contributed by atoms with Gasteiger partial charge in [-0.3, -0.25) is 4.79 Å². The Bertz CT molecular complexity index is 1060. The van der Waals surface area contributed by atoms with Crippen molar-refractivity contribution >= 4 is 38.6 Å². The molecule has 3 aromatic rings. The molecule has 0 spiro atoms. The van der Waals surface area contributed by atoms with Gasteiger partial charge in [0, 0.05) is 22.4 Å². The smallest absolute Gasteiger partial charge is 0.251 e. The topological polar surface area (TPSA) is 88.2 Å². The molecule has 3 rings (SSSR count). The van der Waals surface area contributed by atoms with Gasteiger partial charge in [-0.05, 0) is 37.1 Å². The minimum atomic E-state index is -3.17. The van der Waals surface area contributed by atoms with Gasteiger partial charge in [0.25, 0.3) is 5.91 Å². The minimum Gasteiger partial charge on any atom is -0.343 e. The van der Waals surface area contributed by atoms with E-state index >= 15 is 0 Å². The molecule has 0 aliphatic carbocycles. The van der Waals surface area contributed by atoms with Crippen LogP contribution in [0.2, 0.25) is 0 Å². The fourth-order valence-corrected chi connectivity index (χ4v) is 5.21. The molecule has 0 aliphatic heterocycles. The fraction of sp³-hybridized carbons (Fsp3) is 0.300. The quantitative estimate of drug-likeness (QED) is 0.519. The molecule has 0 aliphatic rings. The lowest BCUT2D eigenvalue weighted by molar-refractivity contribution is 0.0935. The van der Waals surface area contributed by atoms with Crippen LogP contribution in [0.15, 0.2) is 47.8 Å². The highest BCUT2D eigenvalue weighted by Gasteiger charge is 2.18. The van der Waals surface area contributed by atoms with Gasteiger partial charge < -0.3 is 5.32 Å². The van der Waals surface area contributed by atoms with Gasteiger partial charge in [-0.25, -0.2) is 18.1 Å². The van der Waals surface area contributed by atoms with Gasteiger partial charge in [-0.2, -0.15) is 0 Å². The number of nitrogens with one attached hydrogen (secondary N) is 2. The molecule has 0 saturated heterocycles. The van der Waals surface area contributed by atoms with E-state index in [2.05, 4.69) is 10.0 Å². The van der Waals surface area contributed by atoms with E-state index in [1.807, 2.05) is 42.6 Å². The van der Waals surface area contributed by atoms with E-state index in [4.69, 9.17) is 4.98 Å². The van der Waals surface area contributed by atoms with Gasteiger partial charge in [0.15, 0.2) is 0 Å². The van der Waals surface area contributed by atoms with Gasteiger partial charge in [-0.15, -0.1) is 22.7 Å². The third kappa shape index (κ3) is 6.20. The van der Waals surface area contributed by atoms with Crippen molar-refractivity contribution in [3.05, 3.63) is 63.3 Å². The average Bonchev–Trinajstić information content (AvgIpc) is 3.35. The molecular formula is C20H23N3O3S3. The van der Waals surface area contributed by atoms with Crippen LogP contribution in [-0.4, -0.2) is 32.1 Å². The number of benzene rings is 1. The summed E-state index contributed by atoms with van der Waals surface area (Å²) in [7, 11) is -3.17. The number of thiophene rings is 1. The van der Waals surface area contributed by atoms with Gasteiger partial charge in [-0.1, -0.05) is 25.1 Å². The molecule has 6 nitrogen and oxygen atoms in total. The van der Waals surface area contributed by atoms with E-state index in [1.165, 1.54) is 11.3 Å². The van der Waals surface area contributed by atoms with Crippen molar-refractivity contribution < 1.29 is 13.2 Å². The van der Waals surface area contributed by atoms with Gasteiger partial charge in [0.05, 0.1) is 22.9 Å². The maximum absolute atomic E-state index is 12.5. The zero-order valence-corrected chi connectivity index (χ0v) is 18.7. The van der Waals surface area contributed by atoms with Crippen molar-refractivity contribution in [3.63, 3.8) is 0 Å². The van der Waals surface area contributed by atoms with Crippen LogP contribution in [0.1, 0.15) is 39.6 Å². The summed E-state index contributed by atoms with van der Waals surface area (Å²) >= 11 is 3.14. The summed E-state index contributed by atoms with van der Waals surface area (Å²) in [4.78, 5) is 19.3. The van der Waals surface area contributed by atoms with Gasteiger partial charge >= 0.3 is 0 Å². The first-order chi connectivity index (χ1) is 13.9. The summed E-state index contributed by atoms with van der Waals surface area (Å²) in [5.41, 5.74) is 1.51. The first-order valence-corrected chi connectivity index (χ1v) is 12.8. The molecule has 9 heteroatoms.